The Morgan fingerprint density at radius 2 is 1.90 bits per heavy atom. The third-order valence-electron chi connectivity index (χ3n) is 4.87. The molecule has 2 aromatic carbocycles. The molecule has 0 aliphatic carbocycles. The van der Waals surface area contributed by atoms with Crippen LogP contribution in [0.1, 0.15) is 11.6 Å². The van der Waals surface area contributed by atoms with Crippen molar-refractivity contribution in [2.45, 2.75) is 6.04 Å². The van der Waals surface area contributed by atoms with Crippen LogP contribution in [0.3, 0.4) is 0 Å². The summed E-state index contributed by atoms with van der Waals surface area (Å²) in [6.07, 6.45) is 1.73. The molecule has 7 nitrogen and oxygen atoms in total. The summed E-state index contributed by atoms with van der Waals surface area (Å²) in [5.41, 5.74) is 10.5. The second kappa shape index (κ2) is 7.37. The number of likely N-dealkylation sites (N-methyl/N-ethyl adjacent to an activating group) is 1. The van der Waals surface area contributed by atoms with E-state index < -0.39 is 6.04 Å². The van der Waals surface area contributed by atoms with Crippen LogP contribution in [0.5, 0.6) is 5.75 Å². The van der Waals surface area contributed by atoms with Crippen LogP contribution in [-0.2, 0) is 4.79 Å². The predicted molar refractivity (Wildman–Crippen MR) is 112 cm³/mol. The van der Waals surface area contributed by atoms with Crippen LogP contribution >= 0.6 is 0 Å². The second-order valence-electron chi connectivity index (χ2n) is 7.05. The fourth-order valence-electron chi connectivity index (χ4n) is 3.28. The maximum absolute atomic E-state index is 12.2. The quantitative estimate of drug-likeness (QED) is 0.499. The van der Waals surface area contributed by atoms with E-state index in [9.17, 15) is 9.90 Å². The molecule has 0 saturated carbocycles. The Bertz CT molecular complexity index is 1200. The van der Waals surface area contributed by atoms with E-state index in [1.165, 1.54) is 4.90 Å². The summed E-state index contributed by atoms with van der Waals surface area (Å²) in [7, 11) is 3.37. The minimum absolute atomic E-state index is 0.160. The van der Waals surface area contributed by atoms with Crippen molar-refractivity contribution in [2.24, 2.45) is 5.73 Å². The topological polar surface area (TPSA) is 108 Å². The Hall–Kier alpha value is -3.71. The van der Waals surface area contributed by atoms with Crippen molar-refractivity contribution < 1.29 is 9.90 Å². The van der Waals surface area contributed by atoms with Gasteiger partial charge in [-0.05, 0) is 35.4 Å². The molecule has 1 unspecified atom stereocenters. The molecule has 0 spiro atoms. The van der Waals surface area contributed by atoms with Crippen LogP contribution in [0.2, 0.25) is 0 Å². The van der Waals surface area contributed by atoms with Gasteiger partial charge in [-0.3, -0.25) is 9.89 Å². The van der Waals surface area contributed by atoms with E-state index in [4.69, 9.17) is 5.73 Å². The lowest BCUT2D eigenvalue weighted by atomic mass is 9.99. The standard InChI is InChI=1S/C22H21N5O2/c1-27(2)22(29)19(23)14-7-5-6-13(10-14)15-11-17-20(25-26-21(17)24-12-15)16-8-3-4-9-18(16)28/h3-12,19,28H,23H2,1-2H3,(H,24,25,26). The molecule has 4 aromatic rings. The first kappa shape index (κ1) is 18.6. The molecule has 146 valence electrons. The number of aromatic nitrogens is 3. The number of nitrogens with two attached hydrogens (primary N) is 1. The summed E-state index contributed by atoms with van der Waals surface area (Å²) in [5.74, 6) is 0.00558. The normalized spacial score (nSPS) is 12.1. The van der Waals surface area contributed by atoms with Gasteiger partial charge in [0.15, 0.2) is 5.65 Å². The maximum atomic E-state index is 12.2. The van der Waals surface area contributed by atoms with Crippen molar-refractivity contribution in [3.63, 3.8) is 0 Å². The first-order valence-electron chi connectivity index (χ1n) is 9.15. The average Bonchev–Trinajstić information content (AvgIpc) is 3.16. The number of H-pyrrole nitrogens is 1. The van der Waals surface area contributed by atoms with Crippen molar-refractivity contribution in [3.05, 3.63) is 66.4 Å². The van der Waals surface area contributed by atoms with Gasteiger partial charge in [0.1, 0.15) is 11.8 Å². The molecule has 29 heavy (non-hydrogen) atoms. The molecule has 1 amide bonds. The average molecular weight is 387 g/mol. The first-order chi connectivity index (χ1) is 14.0. The Kier molecular flexibility index (Phi) is 4.74. The Morgan fingerprint density at radius 3 is 2.66 bits per heavy atom. The number of rotatable bonds is 4. The van der Waals surface area contributed by atoms with Crippen LogP contribution in [0.4, 0.5) is 0 Å². The number of hydrogen-bond acceptors (Lipinski definition) is 5. The van der Waals surface area contributed by atoms with Gasteiger partial charge in [0.05, 0.1) is 5.69 Å². The molecule has 0 bridgehead atoms. The number of benzene rings is 2. The molecule has 0 aliphatic rings. The van der Waals surface area contributed by atoms with Crippen molar-refractivity contribution in [3.8, 4) is 28.1 Å². The molecule has 1 atom stereocenters. The molecule has 7 heteroatoms. The van der Waals surface area contributed by atoms with Gasteiger partial charge in [0, 0.05) is 36.8 Å². The lowest BCUT2D eigenvalue weighted by Gasteiger charge is -2.17. The molecular formula is C22H21N5O2. The van der Waals surface area contributed by atoms with E-state index in [1.54, 1.807) is 32.4 Å². The van der Waals surface area contributed by atoms with Crippen LogP contribution in [0, 0.1) is 0 Å². The van der Waals surface area contributed by atoms with E-state index in [-0.39, 0.29) is 11.7 Å². The van der Waals surface area contributed by atoms with Gasteiger partial charge in [-0.1, -0.05) is 30.3 Å². The summed E-state index contributed by atoms with van der Waals surface area (Å²) in [4.78, 5) is 18.1. The molecule has 4 N–H and O–H groups in total. The van der Waals surface area contributed by atoms with Crippen LogP contribution in [0.15, 0.2) is 60.8 Å². The minimum atomic E-state index is -0.729. The molecule has 2 heterocycles. The third kappa shape index (κ3) is 3.43. The number of nitrogens with zero attached hydrogens (tertiary/aromatic N) is 3. The van der Waals surface area contributed by atoms with E-state index in [0.29, 0.717) is 16.9 Å². The van der Waals surface area contributed by atoms with Gasteiger partial charge in [0.2, 0.25) is 5.91 Å². The summed E-state index contributed by atoms with van der Waals surface area (Å²) in [5, 5.41) is 18.2. The van der Waals surface area contributed by atoms with E-state index in [1.807, 2.05) is 42.5 Å². The monoisotopic (exact) mass is 387 g/mol. The Balaban J connectivity index is 1.78. The molecule has 0 radical (unpaired) electrons. The van der Waals surface area contributed by atoms with Crippen molar-refractivity contribution in [1.82, 2.24) is 20.1 Å². The number of carbonyl (C=O) groups excluding carboxylic acids is 1. The number of phenols is 1. The smallest absolute Gasteiger partial charge is 0.243 e. The zero-order valence-electron chi connectivity index (χ0n) is 16.1. The van der Waals surface area contributed by atoms with E-state index in [2.05, 4.69) is 15.2 Å². The number of carbonyl (C=O) groups is 1. The van der Waals surface area contributed by atoms with Gasteiger partial charge >= 0.3 is 0 Å². The Labute approximate surface area is 167 Å². The van der Waals surface area contributed by atoms with Crippen molar-refractivity contribution in [2.75, 3.05) is 14.1 Å². The predicted octanol–water partition coefficient (Wildman–Crippen LogP) is 3.09. The summed E-state index contributed by atoms with van der Waals surface area (Å²) in [6.45, 7) is 0. The molecule has 2 aromatic heterocycles. The van der Waals surface area contributed by atoms with Crippen molar-refractivity contribution >= 4 is 16.9 Å². The zero-order chi connectivity index (χ0) is 20.5. The van der Waals surface area contributed by atoms with Gasteiger partial charge in [-0.2, -0.15) is 5.10 Å². The summed E-state index contributed by atoms with van der Waals surface area (Å²) < 4.78 is 0. The largest absolute Gasteiger partial charge is 0.507 e. The number of amides is 1. The van der Waals surface area contributed by atoms with Crippen molar-refractivity contribution in [1.29, 1.82) is 0 Å². The fourth-order valence-corrected chi connectivity index (χ4v) is 3.28. The summed E-state index contributed by atoms with van der Waals surface area (Å²) >= 11 is 0. The van der Waals surface area contributed by atoms with Crippen LogP contribution in [0.25, 0.3) is 33.4 Å². The fraction of sp³-hybridized carbons (Fsp3) is 0.136. The van der Waals surface area contributed by atoms with Crippen LogP contribution < -0.4 is 5.73 Å². The third-order valence-corrected chi connectivity index (χ3v) is 4.87. The highest BCUT2D eigenvalue weighted by Crippen LogP contribution is 2.34. The lowest BCUT2D eigenvalue weighted by molar-refractivity contribution is -0.130. The molecule has 4 rings (SSSR count). The highest BCUT2D eigenvalue weighted by molar-refractivity contribution is 5.94. The number of phenolic OH excluding ortho intramolecular Hbond substituents is 1. The SMILES string of the molecule is CN(C)C(=O)C(N)c1cccc(-c2cnc3n[nH]c(-c4ccccc4O)c3c2)c1. The first-order valence-corrected chi connectivity index (χ1v) is 9.15. The number of nitrogens with one attached hydrogen (secondary N) is 1. The van der Waals surface area contributed by atoms with Gasteiger partial charge < -0.3 is 15.7 Å². The highest BCUT2D eigenvalue weighted by atomic mass is 16.3. The Morgan fingerprint density at radius 1 is 1.10 bits per heavy atom. The molecular weight excluding hydrogens is 366 g/mol. The lowest BCUT2D eigenvalue weighted by Crippen LogP contribution is -2.33. The number of para-hydroxylation sites is 1. The number of hydrogen-bond donors (Lipinski definition) is 3. The summed E-state index contributed by atoms with van der Waals surface area (Å²) in [6, 6.07) is 15.9. The van der Waals surface area contributed by atoms with Crippen LogP contribution in [-0.4, -0.2) is 45.2 Å². The van der Waals surface area contributed by atoms with E-state index >= 15 is 0 Å². The minimum Gasteiger partial charge on any atom is -0.507 e. The maximum Gasteiger partial charge on any atom is 0.243 e. The molecule has 0 fully saturated rings. The van der Waals surface area contributed by atoms with Gasteiger partial charge in [-0.15, -0.1) is 0 Å². The second-order valence-corrected chi connectivity index (χ2v) is 7.05. The van der Waals surface area contributed by atoms with E-state index in [0.717, 1.165) is 22.1 Å². The number of fused-ring (bicyclic) bond motifs is 1. The molecule has 0 aliphatic heterocycles. The highest BCUT2D eigenvalue weighted by Gasteiger charge is 2.18. The zero-order valence-corrected chi connectivity index (χ0v) is 16.1. The number of pyridine rings is 1. The number of aromatic hydroxyl groups is 1. The van der Waals surface area contributed by atoms with Gasteiger partial charge in [0.25, 0.3) is 0 Å². The van der Waals surface area contributed by atoms with Gasteiger partial charge in [-0.25, -0.2) is 4.98 Å². The molecule has 0 saturated heterocycles. The number of aromatic amines is 1.